The SMILES string of the molecule is CSC1(CNC(=O)c2ccc(Br)c(O)c2)CCCCC1. The van der Waals surface area contributed by atoms with Crippen molar-refractivity contribution in [1.29, 1.82) is 0 Å². The molecule has 0 aliphatic heterocycles. The summed E-state index contributed by atoms with van der Waals surface area (Å²) in [5.74, 6) is -0.0262. The standard InChI is InChI=1S/C15H20BrNO2S/c1-20-15(7-3-2-4-8-15)10-17-14(19)11-5-6-12(16)13(18)9-11/h5-6,9,18H,2-4,7-8,10H2,1H3,(H,17,19). The monoisotopic (exact) mass is 357 g/mol. The molecule has 1 aromatic rings. The summed E-state index contributed by atoms with van der Waals surface area (Å²) < 4.78 is 0.785. The van der Waals surface area contributed by atoms with E-state index in [-0.39, 0.29) is 16.4 Å². The van der Waals surface area contributed by atoms with Gasteiger partial charge >= 0.3 is 0 Å². The number of nitrogens with one attached hydrogen (secondary N) is 1. The molecule has 1 aromatic carbocycles. The third-order valence-corrected chi connectivity index (χ3v) is 6.07. The van der Waals surface area contributed by atoms with Crippen LogP contribution in [0.4, 0.5) is 0 Å². The second-order valence-electron chi connectivity index (χ2n) is 5.30. The fourth-order valence-electron chi connectivity index (χ4n) is 2.65. The van der Waals surface area contributed by atoms with Crippen molar-refractivity contribution >= 4 is 33.6 Å². The first-order chi connectivity index (χ1) is 9.56. The average molecular weight is 358 g/mol. The van der Waals surface area contributed by atoms with Gasteiger partial charge in [-0.2, -0.15) is 11.8 Å². The van der Waals surface area contributed by atoms with Gasteiger partial charge in [0.2, 0.25) is 0 Å². The van der Waals surface area contributed by atoms with Gasteiger partial charge in [-0.1, -0.05) is 19.3 Å². The Labute approximate surface area is 132 Å². The number of carbonyl (C=O) groups is 1. The predicted octanol–water partition coefficient (Wildman–Crippen LogP) is 3.95. The lowest BCUT2D eigenvalue weighted by Gasteiger charge is -2.35. The molecular weight excluding hydrogens is 338 g/mol. The molecule has 0 heterocycles. The van der Waals surface area contributed by atoms with Crippen LogP contribution < -0.4 is 5.32 Å². The van der Waals surface area contributed by atoms with Crippen molar-refractivity contribution in [2.75, 3.05) is 12.8 Å². The molecule has 110 valence electrons. The number of thioether (sulfide) groups is 1. The van der Waals surface area contributed by atoms with E-state index in [2.05, 4.69) is 27.5 Å². The smallest absolute Gasteiger partial charge is 0.251 e. The minimum absolute atomic E-state index is 0.0925. The maximum Gasteiger partial charge on any atom is 0.251 e. The first-order valence-electron chi connectivity index (χ1n) is 6.88. The molecule has 0 spiro atoms. The number of phenolic OH excluding ortho intramolecular Hbond substituents is 1. The Morgan fingerprint density at radius 2 is 2.10 bits per heavy atom. The summed E-state index contributed by atoms with van der Waals surface area (Å²) >= 11 is 5.08. The van der Waals surface area contributed by atoms with E-state index in [0.29, 0.717) is 16.6 Å². The Morgan fingerprint density at radius 1 is 1.40 bits per heavy atom. The molecule has 20 heavy (non-hydrogen) atoms. The van der Waals surface area contributed by atoms with Gasteiger partial charge in [0.15, 0.2) is 0 Å². The van der Waals surface area contributed by atoms with E-state index in [9.17, 15) is 9.90 Å². The molecule has 1 amide bonds. The van der Waals surface area contributed by atoms with Crippen molar-refractivity contribution in [3.05, 3.63) is 28.2 Å². The van der Waals surface area contributed by atoms with E-state index in [1.807, 2.05) is 11.8 Å². The average Bonchev–Trinajstić information content (AvgIpc) is 2.48. The lowest BCUT2D eigenvalue weighted by molar-refractivity contribution is 0.0946. The van der Waals surface area contributed by atoms with Gasteiger partial charge in [-0.05, 0) is 53.2 Å². The number of amides is 1. The first kappa shape index (κ1) is 15.7. The van der Waals surface area contributed by atoms with Crippen LogP contribution in [0, 0.1) is 0 Å². The normalized spacial score (nSPS) is 17.7. The molecule has 0 atom stereocenters. The molecule has 0 radical (unpaired) electrons. The third-order valence-electron chi connectivity index (χ3n) is 3.98. The third kappa shape index (κ3) is 3.70. The Kier molecular flexibility index (Phi) is 5.38. The van der Waals surface area contributed by atoms with Crippen molar-refractivity contribution in [3.8, 4) is 5.75 Å². The molecule has 0 aromatic heterocycles. The summed E-state index contributed by atoms with van der Waals surface area (Å²) in [5, 5.41) is 12.7. The van der Waals surface area contributed by atoms with E-state index in [1.165, 1.54) is 38.2 Å². The minimum Gasteiger partial charge on any atom is -0.507 e. The van der Waals surface area contributed by atoms with Crippen LogP contribution in [-0.4, -0.2) is 28.6 Å². The van der Waals surface area contributed by atoms with Gasteiger partial charge in [0, 0.05) is 16.9 Å². The number of halogens is 1. The molecule has 3 nitrogen and oxygen atoms in total. The molecule has 0 unspecified atom stereocenters. The summed E-state index contributed by atoms with van der Waals surface area (Å²) in [4.78, 5) is 12.2. The zero-order valence-corrected chi connectivity index (χ0v) is 14.0. The number of benzene rings is 1. The highest BCUT2D eigenvalue weighted by atomic mass is 79.9. The van der Waals surface area contributed by atoms with Crippen molar-refractivity contribution in [2.45, 2.75) is 36.9 Å². The quantitative estimate of drug-likeness (QED) is 0.857. The highest BCUT2D eigenvalue weighted by Crippen LogP contribution is 2.38. The first-order valence-corrected chi connectivity index (χ1v) is 8.90. The van der Waals surface area contributed by atoms with Crippen molar-refractivity contribution in [2.24, 2.45) is 0 Å². The lowest BCUT2D eigenvalue weighted by Crippen LogP contribution is -2.41. The predicted molar refractivity (Wildman–Crippen MR) is 87.5 cm³/mol. The van der Waals surface area contributed by atoms with Gasteiger partial charge in [-0.15, -0.1) is 0 Å². The summed E-state index contributed by atoms with van der Waals surface area (Å²) in [5.41, 5.74) is 0.498. The number of carbonyl (C=O) groups excluding carboxylic acids is 1. The van der Waals surface area contributed by atoms with Crippen LogP contribution in [0.25, 0.3) is 0 Å². The van der Waals surface area contributed by atoms with Gasteiger partial charge in [-0.25, -0.2) is 0 Å². The topological polar surface area (TPSA) is 49.3 Å². The van der Waals surface area contributed by atoms with E-state index in [0.717, 1.165) is 0 Å². The number of hydrogen-bond acceptors (Lipinski definition) is 3. The van der Waals surface area contributed by atoms with Gasteiger partial charge in [0.25, 0.3) is 5.91 Å². The molecule has 1 aliphatic rings. The zero-order valence-electron chi connectivity index (χ0n) is 11.6. The van der Waals surface area contributed by atoms with Crippen LogP contribution in [-0.2, 0) is 0 Å². The number of aromatic hydroxyl groups is 1. The van der Waals surface area contributed by atoms with E-state index in [1.54, 1.807) is 12.1 Å². The molecular formula is C15H20BrNO2S. The summed E-state index contributed by atoms with van der Waals surface area (Å²) in [6.45, 7) is 0.698. The molecule has 2 N–H and O–H groups in total. The van der Waals surface area contributed by atoms with Crippen LogP contribution in [0.5, 0.6) is 5.75 Å². The largest absolute Gasteiger partial charge is 0.507 e. The summed E-state index contributed by atoms with van der Waals surface area (Å²) in [7, 11) is 0. The zero-order chi connectivity index (χ0) is 14.6. The van der Waals surface area contributed by atoms with E-state index in [4.69, 9.17) is 0 Å². The Bertz CT molecular complexity index is 487. The van der Waals surface area contributed by atoms with Gasteiger partial charge in [0.1, 0.15) is 5.75 Å². The van der Waals surface area contributed by atoms with Crippen molar-refractivity contribution in [1.82, 2.24) is 5.32 Å². The maximum atomic E-state index is 12.2. The maximum absolute atomic E-state index is 12.2. The minimum atomic E-state index is -0.119. The van der Waals surface area contributed by atoms with Crippen LogP contribution in [0.3, 0.4) is 0 Å². The summed E-state index contributed by atoms with van der Waals surface area (Å²) in [6, 6.07) is 4.90. The molecule has 1 fully saturated rings. The van der Waals surface area contributed by atoms with Crippen LogP contribution in [0.15, 0.2) is 22.7 Å². The van der Waals surface area contributed by atoms with Crippen molar-refractivity contribution < 1.29 is 9.90 Å². The second-order valence-corrected chi connectivity index (χ2v) is 7.43. The highest BCUT2D eigenvalue weighted by molar-refractivity contribution is 9.10. The Hall–Kier alpha value is -0.680. The lowest BCUT2D eigenvalue weighted by atomic mass is 9.88. The van der Waals surface area contributed by atoms with Gasteiger partial charge in [0.05, 0.1) is 4.47 Å². The molecule has 0 bridgehead atoms. The molecule has 1 saturated carbocycles. The van der Waals surface area contributed by atoms with E-state index >= 15 is 0 Å². The summed E-state index contributed by atoms with van der Waals surface area (Å²) in [6.07, 6.45) is 8.26. The van der Waals surface area contributed by atoms with Crippen LogP contribution in [0.1, 0.15) is 42.5 Å². The van der Waals surface area contributed by atoms with Gasteiger partial charge in [-0.3, -0.25) is 4.79 Å². The van der Waals surface area contributed by atoms with Crippen molar-refractivity contribution in [3.63, 3.8) is 0 Å². The second kappa shape index (κ2) is 6.85. The number of rotatable bonds is 4. The number of phenols is 1. The number of hydrogen-bond donors (Lipinski definition) is 2. The molecule has 5 heteroatoms. The van der Waals surface area contributed by atoms with Crippen LogP contribution in [0.2, 0.25) is 0 Å². The Morgan fingerprint density at radius 3 is 2.70 bits per heavy atom. The molecule has 0 saturated heterocycles. The molecule has 2 rings (SSSR count). The molecule has 1 aliphatic carbocycles. The fraction of sp³-hybridized carbons (Fsp3) is 0.533. The van der Waals surface area contributed by atoms with E-state index < -0.39 is 0 Å². The highest BCUT2D eigenvalue weighted by Gasteiger charge is 2.31. The van der Waals surface area contributed by atoms with Crippen LogP contribution >= 0.6 is 27.7 Å². The van der Waals surface area contributed by atoms with Gasteiger partial charge < -0.3 is 10.4 Å². The Balaban J connectivity index is 1.98. The fourth-order valence-corrected chi connectivity index (χ4v) is 3.81.